The molecule has 0 radical (unpaired) electrons. The zero-order chi connectivity index (χ0) is 25.7. The highest BCUT2D eigenvalue weighted by molar-refractivity contribution is 8.00. The number of aliphatic hydroxyl groups is 1. The average molecular weight is 513 g/mol. The quantitative estimate of drug-likeness (QED) is 0.448. The number of aromatic nitrogens is 3. The lowest BCUT2D eigenvalue weighted by Crippen LogP contribution is -2.44. The third-order valence-corrected chi connectivity index (χ3v) is 8.24. The van der Waals surface area contributed by atoms with Gasteiger partial charge in [-0.05, 0) is 37.5 Å². The van der Waals surface area contributed by atoms with Crippen LogP contribution in [0.5, 0.6) is 0 Å². The highest BCUT2D eigenvalue weighted by atomic mass is 32.2. The molecule has 0 aliphatic carbocycles. The summed E-state index contributed by atoms with van der Waals surface area (Å²) in [7, 11) is 0. The molecule has 0 bridgehead atoms. The summed E-state index contributed by atoms with van der Waals surface area (Å²) in [6.07, 6.45) is 7.74. The van der Waals surface area contributed by atoms with Gasteiger partial charge in [-0.25, -0.2) is 18.4 Å². The summed E-state index contributed by atoms with van der Waals surface area (Å²) in [5.74, 6) is -1.53. The van der Waals surface area contributed by atoms with Gasteiger partial charge in [-0.1, -0.05) is 42.8 Å². The molecular formula is C27H30F2N4O2S. The van der Waals surface area contributed by atoms with Gasteiger partial charge in [0.15, 0.2) is 0 Å². The second-order valence-electron chi connectivity index (χ2n) is 9.19. The summed E-state index contributed by atoms with van der Waals surface area (Å²) < 4.78 is 29.8. The molecule has 0 spiro atoms. The molecule has 2 heterocycles. The fourth-order valence-electron chi connectivity index (χ4n) is 4.40. The monoisotopic (exact) mass is 512 g/mol. The van der Waals surface area contributed by atoms with Crippen LogP contribution < -0.4 is 0 Å². The smallest absolute Gasteiger partial charge is 0.246 e. The van der Waals surface area contributed by atoms with Crippen LogP contribution in [-0.2, 0) is 16.9 Å². The van der Waals surface area contributed by atoms with Crippen LogP contribution >= 0.6 is 11.8 Å². The number of carbonyl (C=O) groups is 1. The number of nitrogens with zero attached hydrogens (tertiary/aromatic N) is 4. The summed E-state index contributed by atoms with van der Waals surface area (Å²) in [6.45, 7) is 5.05. The molecule has 6 nitrogen and oxygen atoms in total. The van der Waals surface area contributed by atoms with Crippen LogP contribution in [0.15, 0.2) is 61.2 Å². The number of aryl methyl sites for hydroxylation is 1. The molecule has 1 saturated heterocycles. The maximum Gasteiger partial charge on any atom is 0.246 e. The van der Waals surface area contributed by atoms with Crippen LogP contribution in [0.25, 0.3) is 6.08 Å². The fraction of sp³-hybridized carbons (Fsp3) is 0.370. The zero-order valence-electron chi connectivity index (χ0n) is 20.3. The van der Waals surface area contributed by atoms with Crippen LogP contribution in [-0.4, -0.2) is 54.3 Å². The molecule has 190 valence electrons. The zero-order valence-corrected chi connectivity index (χ0v) is 21.2. The third kappa shape index (κ3) is 6.20. The van der Waals surface area contributed by atoms with Crippen molar-refractivity contribution in [3.63, 3.8) is 0 Å². The van der Waals surface area contributed by atoms with E-state index in [9.17, 15) is 18.7 Å². The van der Waals surface area contributed by atoms with E-state index in [-0.39, 0.29) is 23.3 Å². The molecule has 36 heavy (non-hydrogen) atoms. The van der Waals surface area contributed by atoms with E-state index in [0.717, 1.165) is 30.5 Å². The molecule has 2 atom stereocenters. The first-order chi connectivity index (χ1) is 17.2. The predicted molar refractivity (Wildman–Crippen MR) is 137 cm³/mol. The van der Waals surface area contributed by atoms with Crippen LogP contribution in [0.1, 0.15) is 36.5 Å². The Labute approximate surface area is 214 Å². The van der Waals surface area contributed by atoms with E-state index in [2.05, 4.69) is 10.1 Å². The Hall–Kier alpha value is -3.04. The normalized spacial score (nSPS) is 17.3. The molecule has 4 rings (SSSR count). The summed E-state index contributed by atoms with van der Waals surface area (Å²) in [4.78, 5) is 18.4. The highest BCUT2D eigenvalue weighted by Gasteiger charge is 2.41. The van der Waals surface area contributed by atoms with Crippen molar-refractivity contribution in [3.8, 4) is 0 Å². The first-order valence-electron chi connectivity index (χ1n) is 11.9. The summed E-state index contributed by atoms with van der Waals surface area (Å²) in [5.41, 5.74) is 0.531. The number of hydrogen-bond donors (Lipinski definition) is 1. The number of amides is 1. The Morgan fingerprint density at radius 1 is 1.22 bits per heavy atom. The number of benzene rings is 2. The van der Waals surface area contributed by atoms with E-state index in [0.29, 0.717) is 13.1 Å². The van der Waals surface area contributed by atoms with Gasteiger partial charge in [0.25, 0.3) is 0 Å². The first-order valence-corrected chi connectivity index (χ1v) is 12.9. The Kier molecular flexibility index (Phi) is 8.21. The molecule has 0 unspecified atom stereocenters. The summed E-state index contributed by atoms with van der Waals surface area (Å²) in [6, 6.07) is 11.2. The minimum atomic E-state index is -1.64. The molecular weight excluding hydrogens is 482 g/mol. The van der Waals surface area contributed by atoms with Crippen molar-refractivity contribution in [1.29, 1.82) is 0 Å². The van der Waals surface area contributed by atoms with Gasteiger partial charge in [0, 0.05) is 41.3 Å². The molecule has 1 aliphatic heterocycles. The van der Waals surface area contributed by atoms with Crippen LogP contribution in [0.2, 0.25) is 0 Å². The number of piperidine rings is 1. The van der Waals surface area contributed by atoms with E-state index in [4.69, 9.17) is 0 Å². The Balaban J connectivity index is 1.40. The van der Waals surface area contributed by atoms with Crippen molar-refractivity contribution in [3.05, 3.63) is 89.5 Å². The second kappa shape index (κ2) is 11.3. The molecule has 1 aliphatic rings. The van der Waals surface area contributed by atoms with Gasteiger partial charge >= 0.3 is 0 Å². The number of carbonyl (C=O) groups excluding carboxylic acids is 1. The lowest BCUT2D eigenvalue weighted by molar-refractivity contribution is -0.126. The fourth-order valence-corrected chi connectivity index (χ4v) is 5.89. The topological polar surface area (TPSA) is 71.2 Å². The van der Waals surface area contributed by atoms with Gasteiger partial charge < -0.3 is 10.0 Å². The molecule has 2 aromatic carbocycles. The van der Waals surface area contributed by atoms with Crippen molar-refractivity contribution >= 4 is 23.7 Å². The molecule has 1 amide bonds. The lowest BCUT2D eigenvalue weighted by Gasteiger charge is -2.38. The van der Waals surface area contributed by atoms with Crippen molar-refractivity contribution in [2.45, 2.75) is 49.3 Å². The second-order valence-corrected chi connectivity index (χ2v) is 10.8. The maximum atomic E-state index is 14.8. The van der Waals surface area contributed by atoms with Gasteiger partial charge in [0.05, 0.1) is 6.54 Å². The van der Waals surface area contributed by atoms with Crippen molar-refractivity contribution in [2.24, 2.45) is 0 Å². The number of halogens is 2. The van der Waals surface area contributed by atoms with Gasteiger partial charge in [-0.3, -0.25) is 4.79 Å². The van der Waals surface area contributed by atoms with Crippen molar-refractivity contribution in [2.75, 3.05) is 13.1 Å². The largest absolute Gasteiger partial charge is 0.382 e. The standard InChI is InChI=1S/C27H30F2N4O2S/c1-19-3-5-21(6-4-19)7-10-26(34)32-13-11-23(12-14-32)36-20(2)27(35,16-33-18-30-17-31-33)24-9-8-22(28)15-25(24)29/h3-10,15,17-18,20,23,35H,11-14,16H2,1-2H3/b10-7+/t20-,27-/m1/s1. The first kappa shape index (κ1) is 26.0. The molecule has 0 saturated carbocycles. The molecule has 9 heteroatoms. The van der Waals surface area contributed by atoms with Crippen molar-refractivity contribution < 1.29 is 18.7 Å². The average Bonchev–Trinajstić information content (AvgIpc) is 3.36. The Bertz CT molecular complexity index is 1190. The van der Waals surface area contributed by atoms with E-state index in [1.807, 2.05) is 49.1 Å². The molecule has 1 N–H and O–H groups in total. The minimum absolute atomic E-state index is 0.0215. The third-order valence-electron chi connectivity index (χ3n) is 6.59. The molecule has 1 fully saturated rings. The van der Waals surface area contributed by atoms with Gasteiger partial charge in [0.1, 0.15) is 29.9 Å². The molecule has 3 aromatic rings. The number of thioether (sulfide) groups is 1. The van der Waals surface area contributed by atoms with Gasteiger partial charge in [0.2, 0.25) is 5.91 Å². The van der Waals surface area contributed by atoms with Crippen LogP contribution in [0, 0.1) is 18.6 Å². The SMILES string of the molecule is Cc1ccc(/C=C/C(=O)N2CCC(S[C@H](C)[C@](O)(Cn3cncn3)c3ccc(F)cc3F)CC2)cc1. The van der Waals surface area contributed by atoms with E-state index >= 15 is 0 Å². The summed E-state index contributed by atoms with van der Waals surface area (Å²) in [5, 5.41) is 15.5. The minimum Gasteiger partial charge on any atom is -0.382 e. The number of hydrogen-bond acceptors (Lipinski definition) is 5. The number of rotatable bonds is 8. The number of likely N-dealkylation sites (tertiary alicyclic amines) is 1. The van der Waals surface area contributed by atoms with Crippen LogP contribution in [0.3, 0.4) is 0 Å². The Morgan fingerprint density at radius 3 is 2.58 bits per heavy atom. The van der Waals surface area contributed by atoms with Gasteiger partial charge in [-0.2, -0.15) is 16.9 Å². The van der Waals surface area contributed by atoms with Gasteiger partial charge in [-0.15, -0.1) is 0 Å². The lowest BCUT2D eigenvalue weighted by atomic mass is 9.90. The Morgan fingerprint density at radius 2 is 1.94 bits per heavy atom. The van der Waals surface area contributed by atoms with E-state index < -0.39 is 22.5 Å². The predicted octanol–water partition coefficient (Wildman–Crippen LogP) is 4.58. The highest BCUT2D eigenvalue weighted by Crippen LogP contribution is 2.40. The van der Waals surface area contributed by atoms with E-state index in [1.54, 1.807) is 17.8 Å². The summed E-state index contributed by atoms with van der Waals surface area (Å²) >= 11 is 1.55. The van der Waals surface area contributed by atoms with Crippen LogP contribution in [0.4, 0.5) is 8.78 Å². The van der Waals surface area contributed by atoms with Crippen molar-refractivity contribution in [1.82, 2.24) is 19.7 Å². The molecule has 1 aromatic heterocycles. The maximum absolute atomic E-state index is 14.8. The van der Waals surface area contributed by atoms with E-state index in [1.165, 1.54) is 29.0 Å².